The molecule has 0 saturated carbocycles. The molecule has 0 aliphatic heterocycles. The highest BCUT2D eigenvalue weighted by atomic mass is 16.6. The van der Waals surface area contributed by atoms with Gasteiger partial charge in [0.05, 0.1) is 0 Å². The smallest absolute Gasteiger partial charge is 0.404 e. The quantitative estimate of drug-likeness (QED) is 0.805. The minimum absolute atomic E-state index is 0.171. The van der Waals surface area contributed by atoms with Crippen LogP contribution in [0.2, 0.25) is 0 Å². The van der Waals surface area contributed by atoms with Crippen molar-refractivity contribution in [3.8, 4) is 0 Å². The Balaban J connectivity index is 3.14. The molecule has 0 saturated heterocycles. The molecule has 0 bridgehead atoms. The van der Waals surface area contributed by atoms with E-state index in [-0.39, 0.29) is 12.5 Å². The van der Waals surface area contributed by atoms with E-state index in [2.05, 4.69) is 10.1 Å². The van der Waals surface area contributed by atoms with Gasteiger partial charge in [-0.05, 0) is 5.41 Å². The second-order valence-electron chi connectivity index (χ2n) is 5.86. The highest BCUT2D eigenvalue weighted by Gasteiger charge is 2.40. The molecule has 4 N–H and O–H groups in total. The van der Waals surface area contributed by atoms with Gasteiger partial charge in [0.15, 0.2) is 5.82 Å². The molecule has 1 heterocycles. The van der Waals surface area contributed by atoms with Gasteiger partial charge in [-0.3, -0.25) is 0 Å². The van der Waals surface area contributed by atoms with E-state index < -0.39 is 29.6 Å². The molecular weight excluding hydrogens is 292 g/mol. The fourth-order valence-corrected chi connectivity index (χ4v) is 2.01. The summed E-state index contributed by atoms with van der Waals surface area (Å²) in [5.41, 5.74) is 9.62. The summed E-state index contributed by atoms with van der Waals surface area (Å²) in [5, 5.41) is 3.80. The lowest BCUT2D eigenvalue weighted by atomic mass is 9.81. The lowest BCUT2D eigenvalue weighted by Gasteiger charge is -2.33. The van der Waals surface area contributed by atoms with Crippen LogP contribution < -0.4 is 11.5 Å². The van der Waals surface area contributed by atoms with Crippen LogP contribution in [0.5, 0.6) is 0 Å². The van der Waals surface area contributed by atoms with Crippen LogP contribution in [0.4, 0.5) is 9.59 Å². The van der Waals surface area contributed by atoms with Gasteiger partial charge in [-0.15, -0.1) is 0 Å². The average Bonchev–Trinajstić information content (AvgIpc) is 2.84. The first-order chi connectivity index (χ1) is 10.1. The van der Waals surface area contributed by atoms with E-state index in [4.69, 9.17) is 25.5 Å². The minimum atomic E-state index is -0.952. The van der Waals surface area contributed by atoms with Gasteiger partial charge in [0.2, 0.25) is 5.89 Å². The number of nitrogens with zero attached hydrogens (tertiary/aromatic N) is 2. The summed E-state index contributed by atoms with van der Waals surface area (Å²) in [5.74, 6) is 0.0119. The molecule has 0 aromatic carbocycles. The van der Waals surface area contributed by atoms with Crippen LogP contribution in [0.25, 0.3) is 0 Å². The molecule has 124 valence electrons. The molecule has 0 aliphatic rings. The van der Waals surface area contributed by atoms with E-state index in [1.807, 2.05) is 27.7 Å². The maximum absolute atomic E-state index is 11.2. The van der Waals surface area contributed by atoms with Gasteiger partial charge >= 0.3 is 12.2 Å². The number of carbonyl (C=O) groups is 2. The topological polar surface area (TPSA) is 144 Å². The van der Waals surface area contributed by atoms with Gasteiger partial charge < -0.3 is 25.5 Å². The number of primary amides is 2. The van der Waals surface area contributed by atoms with Crippen LogP contribution in [0.15, 0.2) is 4.52 Å². The molecule has 2 amide bonds. The number of rotatable bonds is 6. The summed E-state index contributed by atoms with van der Waals surface area (Å²) in [6.45, 7) is 7.22. The first kappa shape index (κ1) is 17.7. The first-order valence-electron chi connectivity index (χ1n) is 6.86. The van der Waals surface area contributed by atoms with Crippen LogP contribution in [-0.4, -0.2) is 35.0 Å². The third-order valence-corrected chi connectivity index (χ3v) is 2.98. The maximum Gasteiger partial charge on any atom is 0.404 e. The Morgan fingerprint density at radius 3 is 2.32 bits per heavy atom. The van der Waals surface area contributed by atoms with E-state index >= 15 is 0 Å². The van der Waals surface area contributed by atoms with Crippen molar-refractivity contribution in [3.05, 3.63) is 11.7 Å². The molecule has 0 aliphatic carbocycles. The number of aryl methyl sites for hydroxylation is 1. The van der Waals surface area contributed by atoms with E-state index in [9.17, 15) is 9.59 Å². The van der Waals surface area contributed by atoms with Gasteiger partial charge in [0.1, 0.15) is 18.6 Å². The molecule has 9 nitrogen and oxygen atoms in total. The first-order valence-corrected chi connectivity index (χ1v) is 6.86. The molecule has 1 aromatic rings. The second kappa shape index (κ2) is 7.10. The molecule has 1 rings (SSSR count). The number of hydrogen-bond acceptors (Lipinski definition) is 7. The normalized spacial score (nSPS) is 14.2. The third kappa shape index (κ3) is 4.90. The number of aromatic nitrogens is 2. The summed E-state index contributed by atoms with van der Waals surface area (Å²) in [4.78, 5) is 26.3. The third-order valence-electron chi connectivity index (χ3n) is 2.98. The average molecular weight is 314 g/mol. The Morgan fingerprint density at radius 2 is 1.91 bits per heavy atom. The largest absolute Gasteiger partial charge is 0.449 e. The Kier molecular flexibility index (Phi) is 5.72. The van der Waals surface area contributed by atoms with Crippen molar-refractivity contribution in [1.82, 2.24) is 10.1 Å². The fraction of sp³-hybridized carbons (Fsp3) is 0.692. The van der Waals surface area contributed by atoms with E-state index in [1.165, 1.54) is 0 Å². The molecule has 22 heavy (non-hydrogen) atoms. The highest BCUT2D eigenvalue weighted by molar-refractivity contribution is 5.65. The summed E-state index contributed by atoms with van der Waals surface area (Å²) in [6.07, 6.45) is -2.07. The standard InChI is InChI=1S/C13H22N4O5/c1-5-8-16-10(22-17-8)7(6-20-11(14)18)9(13(2,3)4)21-12(15)19/h7,9H,5-6H2,1-4H3,(H2,14,18)(H2,15,19). The lowest BCUT2D eigenvalue weighted by molar-refractivity contribution is -0.00546. The molecule has 1 aromatic heterocycles. The van der Waals surface area contributed by atoms with Crippen molar-refractivity contribution < 1.29 is 23.6 Å². The van der Waals surface area contributed by atoms with Crippen LogP contribution in [0, 0.1) is 5.41 Å². The van der Waals surface area contributed by atoms with Gasteiger partial charge in [-0.1, -0.05) is 32.9 Å². The van der Waals surface area contributed by atoms with Crippen molar-refractivity contribution in [1.29, 1.82) is 0 Å². The zero-order valence-electron chi connectivity index (χ0n) is 13.2. The molecule has 0 radical (unpaired) electrons. The Morgan fingerprint density at radius 1 is 1.27 bits per heavy atom. The van der Waals surface area contributed by atoms with Gasteiger partial charge in [0.25, 0.3) is 0 Å². The van der Waals surface area contributed by atoms with Crippen molar-refractivity contribution in [3.63, 3.8) is 0 Å². The zero-order chi connectivity index (χ0) is 16.9. The molecule has 9 heteroatoms. The SMILES string of the molecule is CCc1noc(C(COC(N)=O)C(OC(N)=O)C(C)(C)C)n1. The summed E-state index contributed by atoms with van der Waals surface area (Å²) < 4.78 is 15.2. The highest BCUT2D eigenvalue weighted by Crippen LogP contribution is 2.34. The predicted molar refractivity (Wildman–Crippen MR) is 75.9 cm³/mol. The Hall–Kier alpha value is -2.32. The lowest BCUT2D eigenvalue weighted by Crippen LogP contribution is -2.41. The van der Waals surface area contributed by atoms with Gasteiger partial charge in [-0.25, -0.2) is 9.59 Å². The van der Waals surface area contributed by atoms with Crippen LogP contribution in [0.3, 0.4) is 0 Å². The number of ether oxygens (including phenoxy) is 2. The van der Waals surface area contributed by atoms with Crippen LogP contribution in [-0.2, 0) is 15.9 Å². The predicted octanol–water partition coefficient (Wildman–Crippen LogP) is 1.32. The molecule has 2 unspecified atom stereocenters. The Labute approximate surface area is 128 Å². The maximum atomic E-state index is 11.2. The number of carbonyl (C=O) groups excluding carboxylic acids is 2. The van der Waals surface area contributed by atoms with Crippen molar-refractivity contribution in [2.75, 3.05) is 6.61 Å². The van der Waals surface area contributed by atoms with E-state index in [0.29, 0.717) is 12.2 Å². The second-order valence-corrected chi connectivity index (χ2v) is 5.86. The van der Waals surface area contributed by atoms with E-state index in [0.717, 1.165) is 0 Å². The number of hydrogen-bond donors (Lipinski definition) is 2. The summed E-state index contributed by atoms with van der Waals surface area (Å²) in [6, 6.07) is 0. The number of amides is 2. The minimum Gasteiger partial charge on any atom is -0.449 e. The number of nitrogens with two attached hydrogens (primary N) is 2. The van der Waals surface area contributed by atoms with Crippen LogP contribution >= 0.6 is 0 Å². The van der Waals surface area contributed by atoms with E-state index in [1.54, 1.807) is 0 Å². The molecular formula is C13H22N4O5. The zero-order valence-corrected chi connectivity index (χ0v) is 13.2. The van der Waals surface area contributed by atoms with Crippen molar-refractivity contribution in [2.24, 2.45) is 16.9 Å². The Bertz CT molecular complexity index is 523. The summed E-state index contributed by atoms with van der Waals surface area (Å²) in [7, 11) is 0. The molecule has 2 atom stereocenters. The summed E-state index contributed by atoms with van der Waals surface area (Å²) >= 11 is 0. The monoisotopic (exact) mass is 314 g/mol. The van der Waals surface area contributed by atoms with Crippen molar-refractivity contribution >= 4 is 12.2 Å². The molecule has 0 spiro atoms. The molecule has 0 fully saturated rings. The van der Waals surface area contributed by atoms with Gasteiger partial charge in [0, 0.05) is 6.42 Å². The van der Waals surface area contributed by atoms with Gasteiger partial charge in [-0.2, -0.15) is 4.98 Å². The van der Waals surface area contributed by atoms with Crippen LogP contribution in [0.1, 0.15) is 45.3 Å². The fourth-order valence-electron chi connectivity index (χ4n) is 2.01. The van der Waals surface area contributed by atoms with Crippen molar-refractivity contribution in [2.45, 2.75) is 46.1 Å².